The molecule has 43 heavy (non-hydrogen) atoms. The van der Waals surface area contributed by atoms with E-state index < -0.39 is 23.8 Å². The second-order valence-electron chi connectivity index (χ2n) is 10.1. The van der Waals surface area contributed by atoms with Crippen molar-refractivity contribution in [3.8, 4) is 28.1 Å². The Labute approximate surface area is 243 Å². The lowest BCUT2D eigenvalue weighted by Gasteiger charge is -2.37. The van der Waals surface area contributed by atoms with E-state index in [4.69, 9.17) is 0 Å². The van der Waals surface area contributed by atoms with Crippen molar-refractivity contribution >= 4 is 11.4 Å². The zero-order valence-corrected chi connectivity index (χ0v) is 22.7. The van der Waals surface area contributed by atoms with Gasteiger partial charge in [0, 0.05) is 55.4 Å². The van der Waals surface area contributed by atoms with E-state index in [1.54, 1.807) is 36.5 Å². The standard InChI is InChI=1S/C31H26F4N6O2/c32-26-4-2-1-3-25(26)28-29(30(43)31(33,34)35)41(38-37-28)24-12-10-23(11-13-24)40-17-15-39(16-18-40)22-8-5-20(6-9-22)21-7-14-27(42)36-19-21/h1-14,19,30,43H,15-18H2,(H,36,42). The highest BCUT2D eigenvalue weighted by Crippen LogP contribution is 2.38. The zero-order chi connectivity index (χ0) is 30.1. The van der Waals surface area contributed by atoms with Gasteiger partial charge in [-0.2, -0.15) is 13.2 Å². The van der Waals surface area contributed by atoms with Crippen LogP contribution in [-0.2, 0) is 0 Å². The first-order chi connectivity index (χ1) is 20.7. The van der Waals surface area contributed by atoms with Crippen molar-refractivity contribution < 1.29 is 22.7 Å². The summed E-state index contributed by atoms with van der Waals surface area (Å²) in [4.78, 5) is 18.5. The van der Waals surface area contributed by atoms with Crippen LogP contribution in [0.3, 0.4) is 0 Å². The van der Waals surface area contributed by atoms with E-state index in [0.717, 1.165) is 59.4 Å². The smallest absolute Gasteiger partial charge is 0.378 e. The summed E-state index contributed by atoms with van der Waals surface area (Å²) in [6.45, 7) is 2.97. The van der Waals surface area contributed by atoms with Crippen molar-refractivity contribution in [1.82, 2.24) is 20.0 Å². The molecule has 5 aromatic rings. The lowest BCUT2D eigenvalue weighted by atomic mass is 10.1. The van der Waals surface area contributed by atoms with Crippen molar-refractivity contribution in [2.75, 3.05) is 36.0 Å². The van der Waals surface area contributed by atoms with Crippen molar-refractivity contribution in [2.24, 2.45) is 0 Å². The number of alkyl halides is 3. The number of aromatic amines is 1. The predicted molar refractivity (Wildman–Crippen MR) is 155 cm³/mol. The van der Waals surface area contributed by atoms with Crippen LogP contribution >= 0.6 is 0 Å². The van der Waals surface area contributed by atoms with Gasteiger partial charge < -0.3 is 19.9 Å². The average molecular weight is 591 g/mol. The molecule has 2 aromatic heterocycles. The van der Waals surface area contributed by atoms with Crippen LogP contribution in [0.5, 0.6) is 0 Å². The minimum absolute atomic E-state index is 0.148. The fraction of sp³-hybridized carbons (Fsp3) is 0.194. The van der Waals surface area contributed by atoms with E-state index in [-0.39, 0.29) is 22.5 Å². The molecule has 2 N–H and O–H groups in total. The molecule has 0 aliphatic carbocycles. The number of halogens is 4. The van der Waals surface area contributed by atoms with Gasteiger partial charge in [0.05, 0.1) is 5.69 Å². The molecular weight excluding hydrogens is 564 g/mol. The van der Waals surface area contributed by atoms with Gasteiger partial charge in [-0.3, -0.25) is 4.79 Å². The van der Waals surface area contributed by atoms with Crippen molar-refractivity contribution in [3.63, 3.8) is 0 Å². The Morgan fingerprint density at radius 1 is 0.767 bits per heavy atom. The number of anilines is 2. The summed E-state index contributed by atoms with van der Waals surface area (Å²) >= 11 is 0. The van der Waals surface area contributed by atoms with Crippen molar-refractivity contribution in [1.29, 1.82) is 0 Å². The van der Waals surface area contributed by atoms with E-state index in [1.165, 1.54) is 24.3 Å². The number of rotatable bonds is 6. The first-order valence-corrected chi connectivity index (χ1v) is 13.5. The molecule has 220 valence electrons. The second kappa shape index (κ2) is 11.4. The first kappa shape index (κ1) is 28.2. The van der Waals surface area contributed by atoms with Crippen LogP contribution < -0.4 is 15.4 Å². The van der Waals surface area contributed by atoms with E-state index >= 15 is 0 Å². The summed E-state index contributed by atoms with van der Waals surface area (Å²) in [6.07, 6.45) is -6.25. The van der Waals surface area contributed by atoms with Crippen LogP contribution in [0.1, 0.15) is 11.8 Å². The van der Waals surface area contributed by atoms with E-state index in [2.05, 4.69) is 25.1 Å². The summed E-state index contributed by atoms with van der Waals surface area (Å²) in [7, 11) is 0. The minimum Gasteiger partial charge on any atom is -0.378 e. The molecule has 0 saturated carbocycles. The van der Waals surface area contributed by atoms with E-state index in [1.807, 2.05) is 24.3 Å². The van der Waals surface area contributed by atoms with Crippen LogP contribution in [0.25, 0.3) is 28.1 Å². The summed E-state index contributed by atoms with van der Waals surface area (Å²) in [5.41, 5.74) is 2.75. The minimum atomic E-state index is -5.01. The Hall–Kier alpha value is -4.97. The molecule has 1 aliphatic rings. The molecule has 6 rings (SSSR count). The highest BCUT2D eigenvalue weighted by Gasteiger charge is 2.44. The van der Waals surface area contributed by atoms with Gasteiger partial charge in [0.2, 0.25) is 5.56 Å². The lowest BCUT2D eigenvalue weighted by molar-refractivity contribution is -0.208. The summed E-state index contributed by atoms with van der Waals surface area (Å²) in [6, 6.07) is 23.4. The number of hydrogen-bond donors (Lipinski definition) is 2. The Bertz CT molecular complexity index is 1760. The number of aliphatic hydroxyl groups is 1. The molecule has 1 fully saturated rings. The van der Waals surface area contributed by atoms with Gasteiger partial charge in [-0.1, -0.05) is 29.5 Å². The number of piperazine rings is 1. The normalized spacial score (nSPS) is 14.6. The Morgan fingerprint density at radius 3 is 1.88 bits per heavy atom. The third-order valence-electron chi connectivity index (χ3n) is 7.49. The molecule has 1 unspecified atom stereocenters. The van der Waals surface area contributed by atoms with Crippen LogP contribution in [0.15, 0.2) is 95.9 Å². The Balaban J connectivity index is 1.17. The fourth-order valence-corrected chi connectivity index (χ4v) is 5.21. The molecule has 1 aliphatic heterocycles. The number of nitrogens with one attached hydrogen (secondary N) is 1. The quantitative estimate of drug-likeness (QED) is 0.259. The van der Waals surface area contributed by atoms with Gasteiger partial charge >= 0.3 is 6.18 Å². The van der Waals surface area contributed by atoms with Crippen LogP contribution in [0.4, 0.5) is 28.9 Å². The van der Waals surface area contributed by atoms with Gasteiger partial charge in [0.25, 0.3) is 0 Å². The molecule has 12 heteroatoms. The largest absolute Gasteiger partial charge is 0.420 e. The molecule has 0 radical (unpaired) electrons. The highest BCUT2D eigenvalue weighted by molar-refractivity contribution is 5.66. The summed E-state index contributed by atoms with van der Waals surface area (Å²) in [5.74, 6) is -0.774. The van der Waals surface area contributed by atoms with Gasteiger partial charge in [-0.25, -0.2) is 9.07 Å². The van der Waals surface area contributed by atoms with Crippen LogP contribution in [0.2, 0.25) is 0 Å². The lowest BCUT2D eigenvalue weighted by Crippen LogP contribution is -2.46. The maximum atomic E-state index is 14.5. The van der Waals surface area contributed by atoms with Gasteiger partial charge in [-0.05, 0) is 65.7 Å². The molecule has 0 amide bonds. The Kier molecular flexibility index (Phi) is 7.45. The number of pyridine rings is 1. The number of H-pyrrole nitrogens is 1. The Morgan fingerprint density at radius 2 is 1.33 bits per heavy atom. The molecule has 1 atom stereocenters. The molecule has 8 nitrogen and oxygen atoms in total. The number of nitrogens with zero attached hydrogens (tertiary/aromatic N) is 5. The SMILES string of the molecule is O=c1ccc(-c2ccc(N3CCN(c4ccc(-n5nnc(-c6ccccc6F)c5C(O)C(F)(F)F)cc4)CC3)cc2)c[nH]1. The first-order valence-electron chi connectivity index (χ1n) is 13.5. The third-order valence-corrected chi connectivity index (χ3v) is 7.49. The zero-order valence-electron chi connectivity index (χ0n) is 22.7. The number of aromatic nitrogens is 4. The van der Waals surface area contributed by atoms with Crippen molar-refractivity contribution in [2.45, 2.75) is 12.3 Å². The second-order valence-corrected chi connectivity index (χ2v) is 10.1. The average Bonchev–Trinajstić information content (AvgIpc) is 3.46. The molecule has 0 spiro atoms. The van der Waals surface area contributed by atoms with E-state index in [0.29, 0.717) is 0 Å². The maximum absolute atomic E-state index is 14.5. The summed E-state index contributed by atoms with van der Waals surface area (Å²) < 4.78 is 56.3. The molecular formula is C31H26F4N6O2. The molecule has 1 saturated heterocycles. The van der Waals surface area contributed by atoms with Gasteiger partial charge in [0.15, 0.2) is 6.10 Å². The number of aliphatic hydroxyl groups excluding tert-OH is 1. The summed E-state index contributed by atoms with van der Waals surface area (Å²) in [5, 5.41) is 17.9. The fourth-order valence-electron chi connectivity index (χ4n) is 5.21. The maximum Gasteiger partial charge on any atom is 0.420 e. The van der Waals surface area contributed by atoms with E-state index in [9.17, 15) is 27.5 Å². The topological polar surface area (TPSA) is 90.3 Å². The monoisotopic (exact) mass is 590 g/mol. The van der Waals surface area contributed by atoms with Gasteiger partial charge in [0.1, 0.15) is 17.2 Å². The highest BCUT2D eigenvalue weighted by atomic mass is 19.4. The number of benzene rings is 3. The molecule has 3 heterocycles. The van der Waals surface area contributed by atoms with Gasteiger partial charge in [-0.15, -0.1) is 5.10 Å². The van der Waals surface area contributed by atoms with Crippen LogP contribution in [0, 0.1) is 5.82 Å². The van der Waals surface area contributed by atoms with Crippen LogP contribution in [-0.4, -0.2) is 57.4 Å². The van der Waals surface area contributed by atoms with Crippen molar-refractivity contribution in [3.05, 3.63) is 113 Å². The number of hydrogen-bond acceptors (Lipinski definition) is 6. The molecule has 3 aromatic carbocycles. The third kappa shape index (κ3) is 5.73. The molecule has 0 bridgehead atoms. The predicted octanol–water partition coefficient (Wildman–Crippen LogP) is 5.35.